The fourth-order valence-corrected chi connectivity index (χ4v) is 2.65. The van der Waals surface area contributed by atoms with Gasteiger partial charge in [-0.25, -0.2) is 0 Å². The normalized spacial score (nSPS) is 10.3. The molecule has 3 rings (SSSR count). The van der Waals surface area contributed by atoms with Crippen LogP contribution >= 0.6 is 11.3 Å². The van der Waals surface area contributed by atoms with Gasteiger partial charge in [0.25, 0.3) is 0 Å². The maximum atomic E-state index is 12.1. The van der Waals surface area contributed by atoms with E-state index in [1.807, 2.05) is 77.5 Å². The molecule has 3 aromatic rings. The Morgan fingerprint density at radius 3 is 2.22 bits per heavy atom. The molecule has 0 unspecified atom stereocenters. The summed E-state index contributed by atoms with van der Waals surface area (Å²) in [5.41, 5.74) is 3.59. The van der Waals surface area contributed by atoms with E-state index in [1.165, 1.54) is 0 Å². The minimum absolute atomic E-state index is 0.00114. The van der Waals surface area contributed by atoms with Crippen LogP contribution in [0.1, 0.15) is 27.0 Å². The molecule has 0 amide bonds. The van der Waals surface area contributed by atoms with Crippen molar-refractivity contribution in [2.45, 2.75) is 0 Å². The van der Waals surface area contributed by atoms with Gasteiger partial charge < -0.3 is 0 Å². The highest BCUT2D eigenvalue weighted by Crippen LogP contribution is 2.10. The summed E-state index contributed by atoms with van der Waals surface area (Å²) in [6.07, 6.45) is 3.44. The second-order valence-corrected chi connectivity index (χ2v) is 5.73. The van der Waals surface area contributed by atoms with Crippen LogP contribution < -0.4 is 0 Å². The smallest absolute Gasteiger partial charge is 0.185 e. The Hall–Kier alpha value is -2.89. The summed E-state index contributed by atoms with van der Waals surface area (Å²) in [7, 11) is 0. The van der Waals surface area contributed by atoms with Gasteiger partial charge in [-0.3, -0.25) is 4.79 Å². The van der Waals surface area contributed by atoms with E-state index in [0.717, 1.165) is 16.7 Å². The van der Waals surface area contributed by atoms with Gasteiger partial charge in [-0.05, 0) is 64.9 Å². The minimum atomic E-state index is -0.00114. The number of carbonyl (C=O) groups is 1. The van der Waals surface area contributed by atoms with E-state index < -0.39 is 0 Å². The van der Waals surface area contributed by atoms with Gasteiger partial charge in [-0.15, -0.1) is 0 Å². The van der Waals surface area contributed by atoms with Crippen LogP contribution in [0.5, 0.6) is 0 Å². The predicted octanol–water partition coefficient (Wildman–Crippen LogP) is 5.04. The molecular weight excluding hydrogens is 300 g/mol. The lowest BCUT2D eigenvalue weighted by molar-refractivity contribution is 0.104. The Bertz CT molecular complexity index is 861. The quantitative estimate of drug-likeness (QED) is 0.376. The van der Waals surface area contributed by atoms with Gasteiger partial charge in [0.2, 0.25) is 0 Å². The molecule has 2 heteroatoms. The van der Waals surface area contributed by atoms with Crippen LogP contribution in [0.4, 0.5) is 0 Å². The lowest BCUT2D eigenvalue weighted by atomic mass is 10.1. The molecule has 2 aromatic carbocycles. The summed E-state index contributed by atoms with van der Waals surface area (Å²) in [6.45, 7) is 0. The van der Waals surface area contributed by atoms with Crippen molar-refractivity contribution in [1.82, 2.24) is 0 Å². The van der Waals surface area contributed by atoms with E-state index in [4.69, 9.17) is 0 Å². The maximum Gasteiger partial charge on any atom is 0.185 e. The largest absolute Gasteiger partial charge is 0.289 e. The first-order valence-electron chi connectivity index (χ1n) is 7.23. The van der Waals surface area contributed by atoms with Gasteiger partial charge in [0.1, 0.15) is 0 Å². The topological polar surface area (TPSA) is 17.1 Å². The fourth-order valence-electron chi connectivity index (χ4n) is 2.02. The SMILES string of the molecule is O=C(/C=C/c1ccsc1)c1ccc(C#Cc2ccccc2)cc1. The summed E-state index contributed by atoms with van der Waals surface area (Å²) >= 11 is 1.61. The lowest BCUT2D eigenvalue weighted by Gasteiger charge is -1.96. The Balaban J connectivity index is 1.70. The van der Waals surface area contributed by atoms with Gasteiger partial charge in [0.05, 0.1) is 0 Å². The highest BCUT2D eigenvalue weighted by atomic mass is 32.1. The van der Waals surface area contributed by atoms with Gasteiger partial charge in [-0.2, -0.15) is 11.3 Å². The van der Waals surface area contributed by atoms with Crippen molar-refractivity contribution in [1.29, 1.82) is 0 Å². The summed E-state index contributed by atoms with van der Waals surface area (Å²) < 4.78 is 0. The summed E-state index contributed by atoms with van der Waals surface area (Å²) in [4.78, 5) is 12.1. The second kappa shape index (κ2) is 7.40. The molecule has 1 heterocycles. The molecule has 0 spiro atoms. The van der Waals surface area contributed by atoms with Crippen LogP contribution in [0.2, 0.25) is 0 Å². The molecule has 0 aliphatic rings. The Morgan fingerprint density at radius 2 is 1.57 bits per heavy atom. The molecule has 0 radical (unpaired) electrons. The van der Waals surface area contributed by atoms with Crippen molar-refractivity contribution < 1.29 is 4.79 Å². The second-order valence-electron chi connectivity index (χ2n) is 4.95. The van der Waals surface area contributed by atoms with E-state index in [0.29, 0.717) is 5.56 Å². The highest BCUT2D eigenvalue weighted by molar-refractivity contribution is 7.08. The van der Waals surface area contributed by atoms with Crippen LogP contribution in [0, 0.1) is 11.8 Å². The predicted molar refractivity (Wildman–Crippen MR) is 96.5 cm³/mol. The number of allylic oxidation sites excluding steroid dienone is 1. The molecular formula is C21H14OS. The van der Waals surface area contributed by atoms with Crippen molar-refractivity contribution >= 4 is 23.2 Å². The third-order valence-electron chi connectivity index (χ3n) is 3.26. The standard InChI is InChI=1S/C21H14OS/c22-21(13-10-19-14-15-23-16-19)20-11-8-18(9-12-20)7-6-17-4-2-1-3-5-17/h1-5,8-16H/b13-10+. The highest BCUT2D eigenvalue weighted by Gasteiger charge is 2.01. The molecule has 0 aliphatic carbocycles. The number of carbonyl (C=O) groups excluding carboxylic acids is 1. The molecule has 0 fully saturated rings. The van der Waals surface area contributed by atoms with Crippen molar-refractivity contribution in [3.8, 4) is 11.8 Å². The molecule has 0 bridgehead atoms. The van der Waals surface area contributed by atoms with Crippen LogP contribution in [0.3, 0.4) is 0 Å². The Morgan fingerprint density at radius 1 is 0.870 bits per heavy atom. The Kier molecular flexibility index (Phi) is 4.83. The number of ketones is 1. The van der Waals surface area contributed by atoms with Crippen molar-refractivity contribution in [3.05, 3.63) is 99.8 Å². The molecule has 1 aromatic heterocycles. The van der Waals surface area contributed by atoms with Crippen LogP contribution in [0.25, 0.3) is 6.08 Å². The minimum Gasteiger partial charge on any atom is -0.289 e. The van der Waals surface area contributed by atoms with Gasteiger partial charge in [-0.1, -0.05) is 36.1 Å². The Labute approximate surface area is 139 Å². The van der Waals surface area contributed by atoms with E-state index in [2.05, 4.69) is 11.8 Å². The van der Waals surface area contributed by atoms with Crippen LogP contribution in [-0.4, -0.2) is 5.78 Å². The van der Waals surface area contributed by atoms with Crippen LogP contribution in [0.15, 0.2) is 77.5 Å². The summed E-state index contributed by atoms with van der Waals surface area (Å²) in [6, 6.07) is 19.2. The number of hydrogen-bond acceptors (Lipinski definition) is 2. The molecule has 0 saturated carbocycles. The number of thiophene rings is 1. The third kappa shape index (κ3) is 4.29. The molecule has 0 atom stereocenters. The van der Waals surface area contributed by atoms with E-state index in [1.54, 1.807) is 17.4 Å². The zero-order chi connectivity index (χ0) is 15.9. The summed E-state index contributed by atoms with van der Waals surface area (Å²) in [5.74, 6) is 6.21. The first kappa shape index (κ1) is 15.0. The molecule has 23 heavy (non-hydrogen) atoms. The first-order valence-corrected chi connectivity index (χ1v) is 8.17. The zero-order valence-electron chi connectivity index (χ0n) is 12.4. The number of benzene rings is 2. The van der Waals surface area contributed by atoms with E-state index in [9.17, 15) is 4.79 Å². The molecule has 0 N–H and O–H groups in total. The maximum absolute atomic E-state index is 12.1. The van der Waals surface area contributed by atoms with Crippen molar-refractivity contribution in [2.24, 2.45) is 0 Å². The first-order chi connectivity index (χ1) is 11.3. The van der Waals surface area contributed by atoms with E-state index >= 15 is 0 Å². The molecule has 0 saturated heterocycles. The molecule has 0 aliphatic heterocycles. The van der Waals surface area contributed by atoms with Gasteiger partial charge >= 0.3 is 0 Å². The average molecular weight is 314 g/mol. The van der Waals surface area contributed by atoms with E-state index in [-0.39, 0.29) is 5.78 Å². The lowest BCUT2D eigenvalue weighted by Crippen LogP contribution is -1.93. The fraction of sp³-hybridized carbons (Fsp3) is 0. The van der Waals surface area contributed by atoms with Gasteiger partial charge in [0.15, 0.2) is 5.78 Å². The molecule has 110 valence electrons. The monoisotopic (exact) mass is 314 g/mol. The number of rotatable bonds is 3. The van der Waals surface area contributed by atoms with Crippen molar-refractivity contribution in [2.75, 3.05) is 0 Å². The average Bonchev–Trinajstić information content (AvgIpc) is 3.13. The third-order valence-corrected chi connectivity index (χ3v) is 3.97. The molecule has 1 nitrogen and oxygen atoms in total. The van der Waals surface area contributed by atoms with Crippen molar-refractivity contribution in [3.63, 3.8) is 0 Å². The zero-order valence-corrected chi connectivity index (χ0v) is 13.2. The van der Waals surface area contributed by atoms with Gasteiger partial charge in [0, 0.05) is 16.7 Å². The summed E-state index contributed by atoms with van der Waals surface area (Å²) in [5, 5.41) is 4.00. The number of hydrogen-bond donors (Lipinski definition) is 0. The van der Waals surface area contributed by atoms with Crippen LogP contribution in [-0.2, 0) is 0 Å².